The summed E-state index contributed by atoms with van der Waals surface area (Å²) in [7, 11) is 3.60. The first-order valence-corrected chi connectivity index (χ1v) is 7.12. The van der Waals surface area contributed by atoms with Crippen LogP contribution in [0.4, 0.5) is 0 Å². The van der Waals surface area contributed by atoms with Gasteiger partial charge in [-0.2, -0.15) is 5.26 Å². The summed E-state index contributed by atoms with van der Waals surface area (Å²) in [6.07, 6.45) is 0. The molecule has 0 aliphatic heterocycles. The summed E-state index contributed by atoms with van der Waals surface area (Å²) in [6, 6.07) is 10.0. The summed E-state index contributed by atoms with van der Waals surface area (Å²) in [4.78, 5) is 6.51. The van der Waals surface area contributed by atoms with Crippen LogP contribution < -0.4 is 4.74 Å². The third-order valence-electron chi connectivity index (χ3n) is 3.30. The minimum atomic E-state index is -0.00791. The van der Waals surface area contributed by atoms with Crippen LogP contribution in [-0.2, 0) is 6.54 Å². The zero-order chi connectivity index (χ0) is 15.4. The molecule has 0 fully saturated rings. The minimum Gasteiger partial charge on any atom is -0.497 e. The molecule has 0 radical (unpaired) electrons. The largest absolute Gasteiger partial charge is 0.497 e. The van der Waals surface area contributed by atoms with Crippen molar-refractivity contribution in [3.8, 4) is 11.8 Å². The Hall–Kier alpha value is -1.83. The number of nitrogens with zero attached hydrogens (tertiary/aromatic N) is 3. The lowest BCUT2D eigenvalue weighted by atomic mass is 10.1. The fourth-order valence-electron chi connectivity index (χ4n) is 2.27. The number of aromatic nitrogens is 1. The van der Waals surface area contributed by atoms with Crippen LogP contribution in [0.5, 0.6) is 5.75 Å². The van der Waals surface area contributed by atoms with E-state index in [0.717, 1.165) is 22.2 Å². The minimum absolute atomic E-state index is 0.00791. The van der Waals surface area contributed by atoms with Gasteiger partial charge in [-0.15, -0.1) is 0 Å². The Bertz CT molecular complexity index is 681. The average molecular weight is 304 g/mol. The molecule has 4 nitrogen and oxygen atoms in total. The molecule has 1 unspecified atom stereocenters. The molecule has 0 N–H and O–H groups in total. The highest BCUT2D eigenvalue weighted by molar-refractivity contribution is 6.30. The van der Waals surface area contributed by atoms with Crippen molar-refractivity contribution < 1.29 is 4.74 Å². The Morgan fingerprint density at radius 3 is 2.86 bits per heavy atom. The molecule has 0 spiro atoms. The highest BCUT2D eigenvalue weighted by Crippen LogP contribution is 2.25. The van der Waals surface area contributed by atoms with Gasteiger partial charge in [-0.05, 0) is 32.2 Å². The van der Waals surface area contributed by atoms with Crippen LogP contribution in [0.1, 0.15) is 12.5 Å². The molecule has 0 saturated heterocycles. The van der Waals surface area contributed by atoms with Crippen molar-refractivity contribution in [1.82, 2.24) is 9.88 Å². The first-order valence-electron chi connectivity index (χ1n) is 6.75. The van der Waals surface area contributed by atoms with Crippen LogP contribution in [0.3, 0.4) is 0 Å². The van der Waals surface area contributed by atoms with Crippen molar-refractivity contribution in [2.45, 2.75) is 13.5 Å². The number of hydrogen-bond donors (Lipinski definition) is 0. The molecule has 110 valence electrons. The van der Waals surface area contributed by atoms with E-state index >= 15 is 0 Å². The van der Waals surface area contributed by atoms with Gasteiger partial charge >= 0.3 is 0 Å². The normalized spacial score (nSPS) is 12.4. The van der Waals surface area contributed by atoms with Gasteiger partial charge in [0.25, 0.3) is 0 Å². The molecule has 0 saturated carbocycles. The molecule has 1 aromatic heterocycles. The van der Waals surface area contributed by atoms with Gasteiger partial charge in [-0.1, -0.05) is 11.6 Å². The van der Waals surface area contributed by atoms with Gasteiger partial charge in [0.1, 0.15) is 10.9 Å². The second kappa shape index (κ2) is 6.75. The number of rotatable bonds is 5. The second-order valence-electron chi connectivity index (χ2n) is 5.22. The van der Waals surface area contributed by atoms with Gasteiger partial charge in [0.15, 0.2) is 0 Å². The third kappa shape index (κ3) is 3.84. The van der Waals surface area contributed by atoms with Crippen molar-refractivity contribution in [1.29, 1.82) is 5.26 Å². The fourth-order valence-corrected chi connectivity index (χ4v) is 2.47. The molecule has 21 heavy (non-hydrogen) atoms. The standard InChI is InChI=1S/C16H18ClN3O/c1-11(8-18)9-20(2)10-13-6-12-4-5-14(21-3)7-15(12)19-16(13)17/h4-7,11H,9-10H2,1-3H3. The second-order valence-corrected chi connectivity index (χ2v) is 5.58. The summed E-state index contributed by atoms with van der Waals surface area (Å²) in [5, 5.41) is 10.4. The van der Waals surface area contributed by atoms with E-state index in [2.05, 4.69) is 16.0 Å². The number of methoxy groups -OCH3 is 1. The molecule has 2 aromatic rings. The van der Waals surface area contributed by atoms with Crippen molar-refractivity contribution in [2.75, 3.05) is 20.7 Å². The molecule has 0 bridgehead atoms. The zero-order valence-electron chi connectivity index (χ0n) is 12.4. The summed E-state index contributed by atoms with van der Waals surface area (Å²) in [5.74, 6) is 0.755. The van der Waals surface area contributed by atoms with E-state index in [1.54, 1.807) is 7.11 Å². The van der Waals surface area contributed by atoms with Crippen molar-refractivity contribution in [3.05, 3.63) is 35.0 Å². The van der Waals surface area contributed by atoms with E-state index in [9.17, 15) is 0 Å². The quantitative estimate of drug-likeness (QED) is 0.793. The van der Waals surface area contributed by atoms with Crippen LogP contribution in [-0.4, -0.2) is 30.6 Å². The van der Waals surface area contributed by atoms with E-state index in [1.807, 2.05) is 38.2 Å². The van der Waals surface area contributed by atoms with Crippen LogP contribution in [0.25, 0.3) is 10.9 Å². The predicted octanol–water partition coefficient (Wildman–Crippen LogP) is 3.49. The highest BCUT2D eigenvalue weighted by atomic mass is 35.5. The Balaban J connectivity index is 2.25. The summed E-state index contributed by atoms with van der Waals surface area (Å²) >= 11 is 6.27. The molecule has 2 rings (SSSR count). The number of hydrogen-bond acceptors (Lipinski definition) is 4. The Labute approximate surface area is 129 Å². The predicted molar refractivity (Wildman–Crippen MR) is 84.4 cm³/mol. The monoisotopic (exact) mass is 303 g/mol. The Morgan fingerprint density at radius 2 is 2.19 bits per heavy atom. The fraction of sp³-hybridized carbons (Fsp3) is 0.375. The van der Waals surface area contributed by atoms with Crippen LogP contribution in [0.2, 0.25) is 5.15 Å². The van der Waals surface area contributed by atoms with Crippen molar-refractivity contribution >= 4 is 22.5 Å². The molecule has 0 aliphatic carbocycles. The van der Waals surface area contributed by atoms with E-state index < -0.39 is 0 Å². The van der Waals surface area contributed by atoms with Crippen molar-refractivity contribution in [2.24, 2.45) is 5.92 Å². The summed E-state index contributed by atoms with van der Waals surface area (Å²) < 4.78 is 5.19. The smallest absolute Gasteiger partial charge is 0.134 e. The molecule has 0 aliphatic rings. The Kier molecular flexibility index (Phi) is 5.00. The van der Waals surface area contributed by atoms with Crippen LogP contribution >= 0.6 is 11.6 Å². The first kappa shape index (κ1) is 15.6. The molecular formula is C16H18ClN3O. The van der Waals surface area contributed by atoms with Gasteiger partial charge in [0.05, 0.1) is 24.6 Å². The van der Waals surface area contributed by atoms with E-state index in [1.165, 1.54) is 0 Å². The number of ether oxygens (including phenoxy) is 1. The maximum atomic E-state index is 8.87. The molecule has 1 aromatic carbocycles. The van der Waals surface area contributed by atoms with Crippen LogP contribution in [0.15, 0.2) is 24.3 Å². The third-order valence-corrected chi connectivity index (χ3v) is 3.62. The van der Waals surface area contributed by atoms with Crippen LogP contribution in [0, 0.1) is 17.2 Å². The molecule has 5 heteroatoms. The van der Waals surface area contributed by atoms with E-state index in [0.29, 0.717) is 18.2 Å². The average Bonchev–Trinajstić information content (AvgIpc) is 2.47. The van der Waals surface area contributed by atoms with Gasteiger partial charge in [0, 0.05) is 30.1 Å². The summed E-state index contributed by atoms with van der Waals surface area (Å²) in [5.41, 5.74) is 1.78. The molecule has 1 heterocycles. The van der Waals surface area contributed by atoms with Gasteiger partial charge in [-0.25, -0.2) is 4.98 Å². The SMILES string of the molecule is COc1ccc2cc(CN(C)CC(C)C#N)c(Cl)nc2c1. The molecular weight excluding hydrogens is 286 g/mol. The van der Waals surface area contributed by atoms with E-state index in [4.69, 9.17) is 21.6 Å². The highest BCUT2D eigenvalue weighted by Gasteiger charge is 2.10. The molecule has 0 amide bonds. The molecule has 1 atom stereocenters. The first-order chi connectivity index (χ1) is 10.0. The number of benzene rings is 1. The lowest BCUT2D eigenvalue weighted by Crippen LogP contribution is -2.23. The van der Waals surface area contributed by atoms with Gasteiger partial charge in [-0.3, -0.25) is 0 Å². The zero-order valence-corrected chi connectivity index (χ0v) is 13.2. The van der Waals surface area contributed by atoms with E-state index in [-0.39, 0.29) is 5.92 Å². The maximum absolute atomic E-state index is 8.87. The maximum Gasteiger partial charge on any atom is 0.134 e. The Morgan fingerprint density at radius 1 is 1.43 bits per heavy atom. The van der Waals surface area contributed by atoms with Crippen molar-refractivity contribution in [3.63, 3.8) is 0 Å². The lowest BCUT2D eigenvalue weighted by Gasteiger charge is -2.18. The number of nitriles is 1. The number of halogens is 1. The number of fused-ring (bicyclic) bond motifs is 1. The summed E-state index contributed by atoms with van der Waals surface area (Å²) in [6.45, 7) is 3.27. The lowest BCUT2D eigenvalue weighted by molar-refractivity contribution is 0.303. The number of pyridine rings is 1. The topological polar surface area (TPSA) is 49.1 Å². The van der Waals surface area contributed by atoms with Gasteiger partial charge in [0.2, 0.25) is 0 Å². The van der Waals surface area contributed by atoms with Gasteiger partial charge < -0.3 is 9.64 Å².